The van der Waals surface area contributed by atoms with Gasteiger partial charge in [-0.1, -0.05) is 36.9 Å². The number of benzene rings is 1. The third-order valence-corrected chi connectivity index (χ3v) is 1.76. The van der Waals surface area contributed by atoms with E-state index in [0.717, 1.165) is 11.8 Å². The minimum atomic E-state index is -1.30. The molecule has 19 heavy (non-hydrogen) atoms. The number of ether oxygens (including phenoxy) is 2. The van der Waals surface area contributed by atoms with Crippen LogP contribution in [0.25, 0.3) is 6.08 Å². The van der Waals surface area contributed by atoms with Crippen molar-refractivity contribution in [2.45, 2.75) is 6.92 Å². The van der Waals surface area contributed by atoms with Crippen LogP contribution in [0.1, 0.15) is 12.5 Å². The summed E-state index contributed by atoms with van der Waals surface area (Å²) in [4.78, 5) is 20.1. The van der Waals surface area contributed by atoms with Gasteiger partial charge in [-0.25, -0.2) is 9.59 Å². The van der Waals surface area contributed by atoms with Crippen LogP contribution in [-0.4, -0.2) is 24.3 Å². The van der Waals surface area contributed by atoms with Gasteiger partial charge in [0.25, 0.3) is 0 Å². The number of esters is 1. The standard InChI is InChI=1S/C9H8O3.C5H8O2/c10-9(11)12-7-6-8-4-2-1-3-5-8;1-4(2)5(6)7-3/h1-7H,(H,10,11);1H2,2-3H3. The predicted octanol–water partition coefficient (Wildman–Crippen LogP) is 3.09. The maximum Gasteiger partial charge on any atom is 0.510 e. The lowest BCUT2D eigenvalue weighted by atomic mass is 10.2. The number of methoxy groups -OCH3 is 1. The molecule has 1 rings (SSSR count). The Morgan fingerprint density at radius 1 is 1.26 bits per heavy atom. The molecular formula is C14H16O5. The Bertz CT molecular complexity index is 448. The second-order valence-corrected chi connectivity index (χ2v) is 3.37. The Balaban J connectivity index is 0.000000399. The number of carboxylic acid groups (broad SMARTS) is 1. The largest absolute Gasteiger partial charge is 0.510 e. The fourth-order valence-corrected chi connectivity index (χ4v) is 0.909. The molecule has 1 aromatic rings. The number of carbonyl (C=O) groups is 2. The molecule has 102 valence electrons. The van der Waals surface area contributed by atoms with Crippen molar-refractivity contribution in [3.63, 3.8) is 0 Å². The van der Waals surface area contributed by atoms with Crippen LogP contribution < -0.4 is 0 Å². The predicted molar refractivity (Wildman–Crippen MR) is 71.4 cm³/mol. The van der Waals surface area contributed by atoms with E-state index in [0.29, 0.717) is 5.57 Å². The molecular weight excluding hydrogens is 248 g/mol. The van der Waals surface area contributed by atoms with E-state index in [4.69, 9.17) is 5.11 Å². The van der Waals surface area contributed by atoms with E-state index >= 15 is 0 Å². The molecule has 0 spiro atoms. The molecule has 0 saturated heterocycles. The van der Waals surface area contributed by atoms with Crippen molar-refractivity contribution in [1.82, 2.24) is 0 Å². The maximum atomic E-state index is 10.2. The van der Waals surface area contributed by atoms with E-state index in [1.54, 1.807) is 13.0 Å². The van der Waals surface area contributed by atoms with Gasteiger partial charge in [0.15, 0.2) is 0 Å². The average Bonchev–Trinajstić information content (AvgIpc) is 2.39. The lowest BCUT2D eigenvalue weighted by Crippen LogP contribution is -1.98. The average molecular weight is 264 g/mol. The monoisotopic (exact) mass is 264 g/mol. The minimum Gasteiger partial charge on any atom is -0.466 e. The van der Waals surface area contributed by atoms with Crippen molar-refractivity contribution >= 4 is 18.2 Å². The summed E-state index contributed by atoms with van der Waals surface area (Å²) in [6.45, 7) is 4.95. The first-order valence-corrected chi connectivity index (χ1v) is 5.32. The highest BCUT2D eigenvalue weighted by Gasteiger charge is 1.95. The van der Waals surface area contributed by atoms with Crippen molar-refractivity contribution in [2.75, 3.05) is 7.11 Å². The van der Waals surface area contributed by atoms with Crippen molar-refractivity contribution in [3.05, 3.63) is 54.3 Å². The van der Waals surface area contributed by atoms with Crippen molar-refractivity contribution < 1.29 is 24.2 Å². The summed E-state index contributed by atoms with van der Waals surface area (Å²) < 4.78 is 8.46. The van der Waals surface area contributed by atoms with E-state index in [2.05, 4.69) is 16.1 Å². The van der Waals surface area contributed by atoms with Gasteiger partial charge in [0.1, 0.15) is 0 Å². The van der Waals surface area contributed by atoms with Gasteiger partial charge >= 0.3 is 12.1 Å². The molecule has 0 aliphatic heterocycles. The highest BCUT2D eigenvalue weighted by atomic mass is 16.7. The van der Waals surface area contributed by atoms with Crippen LogP contribution in [0, 0.1) is 0 Å². The van der Waals surface area contributed by atoms with Gasteiger partial charge in [0.05, 0.1) is 13.4 Å². The normalized spacial score (nSPS) is 9.16. The van der Waals surface area contributed by atoms with Crippen LogP contribution in [0.5, 0.6) is 0 Å². The molecule has 0 aliphatic rings. The molecule has 0 aliphatic carbocycles. The van der Waals surface area contributed by atoms with Crippen LogP contribution >= 0.6 is 0 Å². The third-order valence-electron chi connectivity index (χ3n) is 1.76. The van der Waals surface area contributed by atoms with Crippen LogP contribution in [-0.2, 0) is 14.3 Å². The van der Waals surface area contributed by atoms with Crippen molar-refractivity contribution in [1.29, 1.82) is 0 Å². The summed E-state index contributed by atoms with van der Waals surface area (Å²) >= 11 is 0. The highest BCUT2D eigenvalue weighted by Crippen LogP contribution is 2.00. The summed E-state index contributed by atoms with van der Waals surface area (Å²) in [7, 11) is 1.33. The van der Waals surface area contributed by atoms with E-state index < -0.39 is 6.16 Å². The van der Waals surface area contributed by atoms with Gasteiger partial charge in [-0.3, -0.25) is 0 Å². The molecule has 0 saturated carbocycles. The second-order valence-electron chi connectivity index (χ2n) is 3.37. The molecule has 0 amide bonds. The van der Waals surface area contributed by atoms with E-state index in [1.807, 2.05) is 30.3 Å². The Labute approximate surface area is 111 Å². The molecule has 0 unspecified atom stereocenters. The van der Waals surface area contributed by atoms with Gasteiger partial charge in [0, 0.05) is 5.57 Å². The number of carbonyl (C=O) groups excluding carboxylic acids is 1. The van der Waals surface area contributed by atoms with Gasteiger partial charge < -0.3 is 14.6 Å². The van der Waals surface area contributed by atoms with E-state index in [9.17, 15) is 9.59 Å². The zero-order valence-corrected chi connectivity index (χ0v) is 10.8. The molecule has 1 N–H and O–H groups in total. The number of hydrogen-bond acceptors (Lipinski definition) is 4. The van der Waals surface area contributed by atoms with Gasteiger partial charge in [-0.15, -0.1) is 0 Å². The zero-order chi connectivity index (χ0) is 14.7. The van der Waals surface area contributed by atoms with Gasteiger partial charge in [0.2, 0.25) is 0 Å². The Morgan fingerprint density at radius 2 is 1.84 bits per heavy atom. The summed E-state index contributed by atoms with van der Waals surface area (Å²) in [5.74, 6) is -0.347. The molecule has 5 heteroatoms. The summed E-state index contributed by atoms with van der Waals surface area (Å²) in [5, 5.41) is 8.12. The molecule has 0 radical (unpaired) electrons. The Hall–Kier alpha value is -2.56. The van der Waals surface area contributed by atoms with Crippen molar-refractivity contribution in [3.8, 4) is 0 Å². The van der Waals surface area contributed by atoms with Crippen LogP contribution in [0.2, 0.25) is 0 Å². The molecule has 0 aromatic heterocycles. The molecule has 5 nitrogen and oxygen atoms in total. The lowest BCUT2D eigenvalue weighted by Gasteiger charge is -1.91. The fourth-order valence-electron chi connectivity index (χ4n) is 0.909. The van der Waals surface area contributed by atoms with Crippen LogP contribution in [0.4, 0.5) is 4.79 Å². The summed E-state index contributed by atoms with van der Waals surface area (Å²) in [6, 6.07) is 9.31. The van der Waals surface area contributed by atoms with E-state index in [1.165, 1.54) is 7.11 Å². The first kappa shape index (κ1) is 16.4. The maximum absolute atomic E-state index is 10.2. The second kappa shape index (κ2) is 9.47. The Kier molecular flexibility index (Phi) is 8.19. The molecule has 0 fully saturated rings. The summed E-state index contributed by atoms with van der Waals surface area (Å²) in [6.07, 6.45) is 1.41. The SMILES string of the molecule is C=C(C)C(=O)OC.O=C(O)OC=Cc1ccccc1. The van der Waals surface area contributed by atoms with Crippen molar-refractivity contribution in [2.24, 2.45) is 0 Å². The Morgan fingerprint density at radius 3 is 2.21 bits per heavy atom. The quantitative estimate of drug-likeness (QED) is 0.516. The molecule has 1 aromatic carbocycles. The minimum absolute atomic E-state index is 0.347. The fraction of sp³-hybridized carbons (Fsp3) is 0.143. The van der Waals surface area contributed by atoms with Gasteiger partial charge in [-0.2, -0.15) is 0 Å². The lowest BCUT2D eigenvalue weighted by molar-refractivity contribution is -0.136. The topological polar surface area (TPSA) is 72.8 Å². The molecule has 0 atom stereocenters. The molecule has 0 bridgehead atoms. The van der Waals surface area contributed by atoms with E-state index in [-0.39, 0.29) is 5.97 Å². The smallest absolute Gasteiger partial charge is 0.466 e. The first-order chi connectivity index (χ1) is 8.97. The third kappa shape index (κ3) is 9.17. The first-order valence-electron chi connectivity index (χ1n) is 5.32. The molecule has 0 heterocycles. The number of rotatable bonds is 3. The van der Waals surface area contributed by atoms with Crippen LogP contribution in [0.15, 0.2) is 48.7 Å². The highest BCUT2D eigenvalue weighted by molar-refractivity contribution is 5.86. The summed E-state index contributed by atoms with van der Waals surface area (Å²) in [5.41, 5.74) is 1.33. The van der Waals surface area contributed by atoms with Gasteiger partial charge in [-0.05, 0) is 18.6 Å². The zero-order valence-electron chi connectivity index (χ0n) is 10.8. The number of hydrogen-bond donors (Lipinski definition) is 1. The van der Waals surface area contributed by atoms with Crippen LogP contribution in [0.3, 0.4) is 0 Å².